The molecule has 5 rings (SSSR count). The Kier molecular flexibility index (Phi) is 2.47. The van der Waals surface area contributed by atoms with Gasteiger partial charge in [-0.3, -0.25) is 9.69 Å². The first-order chi connectivity index (χ1) is 11.6. The molecule has 2 aliphatic rings. The molecule has 0 fully saturated rings. The Morgan fingerprint density at radius 3 is 2.04 bits per heavy atom. The summed E-state index contributed by atoms with van der Waals surface area (Å²) in [6.45, 7) is 0. The van der Waals surface area contributed by atoms with Crippen LogP contribution in [0.15, 0.2) is 48.5 Å². The first-order valence-corrected chi connectivity index (χ1v) is 7.92. The van der Waals surface area contributed by atoms with Gasteiger partial charge in [-0.15, -0.1) is 0 Å². The Bertz CT molecular complexity index is 1040. The second-order valence-corrected chi connectivity index (χ2v) is 6.49. The summed E-state index contributed by atoms with van der Waals surface area (Å²) < 4.78 is 0. The van der Waals surface area contributed by atoms with Crippen molar-refractivity contribution in [2.24, 2.45) is 0 Å². The van der Waals surface area contributed by atoms with Gasteiger partial charge in [0.15, 0.2) is 5.78 Å². The topological polar surface area (TPSA) is 60.8 Å². The van der Waals surface area contributed by atoms with E-state index in [1.807, 2.05) is 48.3 Å². The van der Waals surface area contributed by atoms with E-state index >= 15 is 0 Å². The van der Waals surface area contributed by atoms with Gasteiger partial charge in [0, 0.05) is 27.5 Å². The van der Waals surface area contributed by atoms with Crippen LogP contribution < -0.4 is 0 Å². The fourth-order valence-corrected chi connectivity index (χ4v) is 4.35. The van der Waals surface area contributed by atoms with Crippen LogP contribution in [-0.2, 0) is 0 Å². The van der Waals surface area contributed by atoms with Gasteiger partial charge in [0.1, 0.15) is 17.5 Å². The first kappa shape index (κ1) is 13.6. The molecule has 0 aliphatic carbocycles. The fourth-order valence-electron chi connectivity index (χ4n) is 4.35. The van der Waals surface area contributed by atoms with E-state index in [-0.39, 0.29) is 23.3 Å². The number of carbonyl (C=O) groups excluding carboxylic acids is 1. The zero-order valence-corrected chi connectivity index (χ0v) is 13.0. The Hall–Kier alpha value is -2.85. The van der Waals surface area contributed by atoms with Crippen molar-refractivity contribution in [2.75, 3.05) is 7.05 Å². The Morgan fingerprint density at radius 2 is 1.38 bits per heavy atom. The van der Waals surface area contributed by atoms with Crippen LogP contribution in [-0.4, -0.2) is 27.9 Å². The number of likely N-dealkylation sites (N-methyl/N-ethyl adjacent to an activating group) is 1. The zero-order chi connectivity index (χ0) is 16.6. The van der Waals surface area contributed by atoms with Crippen LogP contribution in [0.4, 0.5) is 0 Å². The number of ketones is 1. The fraction of sp³-hybridized carbons (Fsp3) is 0.150. The van der Waals surface area contributed by atoms with Gasteiger partial charge in [-0.1, -0.05) is 48.5 Å². The number of phenolic OH excluding ortho intramolecular Hbond substituents is 2. The van der Waals surface area contributed by atoms with E-state index in [0.717, 1.165) is 5.56 Å². The van der Waals surface area contributed by atoms with Gasteiger partial charge in [-0.2, -0.15) is 0 Å². The van der Waals surface area contributed by atoms with Crippen LogP contribution in [0.1, 0.15) is 39.1 Å². The molecular formula is C20H15NO3. The van der Waals surface area contributed by atoms with E-state index < -0.39 is 6.04 Å². The summed E-state index contributed by atoms with van der Waals surface area (Å²) in [6, 6.07) is 13.9. The minimum atomic E-state index is -0.560. The predicted octanol–water partition coefficient (Wildman–Crippen LogP) is 3.52. The standard InChI is InChI=1S/C20H15NO3/c1-21-16-10-6-2-3-7-11(10)20(24)17(21)15-14(16)18(22)12-8-4-5-9-13(12)19(15)23/h2-9,16-17,22-23H,1H3/t16-,17-/m1/s1. The van der Waals surface area contributed by atoms with Crippen LogP contribution in [0.5, 0.6) is 11.5 Å². The van der Waals surface area contributed by atoms with Gasteiger partial charge >= 0.3 is 0 Å². The monoisotopic (exact) mass is 317 g/mol. The van der Waals surface area contributed by atoms with Gasteiger partial charge in [0.2, 0.25) is 0 Å². The molecule has 3 aromatic carbocycles. The molecule has 0 saturated heterocycles. The molecule has 0 aromatic heterocycles. The van der Waals surface area contributed by atoms with Gasteiger partial charge < -0.3 is 10.2 Å². The summed E-state index contributed by atoms with van der Waals surface area (Å²) in [5.41, 5.74) is 2.74. The lowest BCUT2D eigenvalue weighted by atomic mass is 9.91. The second-order valence-electron chi connectivity index (χ2n) is 6.49. The molecule has 2 atom stereocenters. The molecule has 118 valence electrons. The van der Waals surface area contributed by atoms with Crippen molar-refractivity contribution in [2.45, 2.75) is 12.1 Å². The molecule has 24 heavy (non-hydrogen) atoms. The summed E-state index contributed by atoms with van der Waals surface area (Å²) >= 11 is 0. The third kappa shape index (κ3) is 1.40. The summed E-state index contributed by atoms with van der Waals surface area (Å²) in [5, 5.41) is 23.0. The highest BCUT2D eigenvalue weighted by Gasteiger charge is 2.50. The summed E-state index contributed by atoms with van der Waals surface area (Å²) in [5.74, 6) is 0.217. The molecule has 4 nitrogen and oxygen atoms in total. The molecule has 0 saturated carbocycles. The molecular weight excluding hydrogens is 302 g/mol. The van der Waals surface area contributed by atoms with Gasteiger partial charge in [-0.05, 0) is 12.6 Å². The van der Waals surface area contributed by atoms with Crippen molar-refractivity contribution in [1.29, 1.82) is 0 Å². The lowest BCUT2D eigenvalue weighted by molar-refractivity contribution is 0.0814. The molecule has 2 aliphatic heterocycles. The van der Waals surface area contributed by atoms with Crippen molar-refractivity contribution in [3.05, 3.63) is 70.8 Å². The second kappa shape index (κ2) is 4.36. The predicted molar refractivity (Wildman–Crippen MR) is 90.4 cm³/mol. The van der Waals surface area contributed by atoms with Crippen LogP contribution in [0.25, 0.3) is 10.8 Å². The van der Waals surface area contributed by atoms with Crippen molar-refractivity contribution < 1.29 is 15.0 Å². The zero-order valence-electron chi connectivity index (χ0n) is 13.0. The number of hydrogen-bond acceptors (Lipinski definition) is 4. The molecule has 2 N–H and O–H groups in total. The van der Waals surface area contributed by atoms with Gasteiger partial charge in [0.25, 0.3) is 0 Å². The number of benzene rings is 3. The van der Waals surface area contributed by atoms with E-state index in [2.05, 4.69) is 0 Å². The summed E-state index contributed by atoms with van der Waals surface area (Å²) in [7, 11) is 1.87. The molecule has 0 unspecified atom stereocenters. The van der Waals surface area contributed by atoms with E-state index in [1.165, 1.54) is 0 Å². The normalized spacial score (nSPS) is 21.8. The van der Waals surface area contributed by atoms with E-state index in [1.54, 1.807) is 12.1 Å². The van der Waals surface area contributed by atoms with Crippen LogP contribution in [0.3, 0.4) is 0 Å². The first-order valence-electron chi connectivity index (χ1n) is 7.92. The van der Waals surface area contributed by atoms with Crippen molar-refractivity contribution in [3.63, 3.8) is 0 Å². The molecule has 4 heteroatoms. The molecule has 0 amide bonds. The van der Waals surface area contributed by atoms with E-state index in [9.17, 15) is 15.0 Å². The highest BCUT2D eigenvalue weighted by molar-refractivity contribution is 6.08. The number of rotatable bonds is 0. The maximum absolute atomic E-state index is 13.0. The van der Waals surface area contributed by atoms with E-state index in [4.69, 9.17) is 0 Å². The third-order valence-electron chi connectivity index (χ3n) is 5.37. The largest absolute Gasteiger partial charge is 0.507 e. The Balaban J connectivity index is 1.96. The van der Waals surface area contributed by atoms with E-state index in [0.29, 0.717) is 27.5 Å². The molecule has 0 radical (unpaired) electrons. The Morgan fingerprint density at radius 1 is 0.833 bits per heavy atom. The van der Waals surface area contributed by atoms with Crippen molar-refractivity contribution in [3.8, 4) is 11.5 Å². The van der Waals surface area contributed by atoms with Crippen molar-refractivity contribution in [1.82, 2.24) is 4.90 Å². The maximum Gasteiger partial charge on any atom is 0.185 e. The maximum atomic E-state index is 13.0. The molecule has 2 bridgehead atoms. The van der Waals surface area contributed by atoms with Crippen LogP contribution in [0, 0.1) is 0 Å². The lowest BCUT2D eigenvalue weighted by Gasteiger charge is -2.32. The number of carbonyl (C=O) groups is 1. The minimum absolute atomic E-state index is 0.0342. The Labute approximate surface area is 138 Å². The highest BCUT2D eigenvalue weighted by Crippen LogP contribution is 2.58. The molecule has 3 aromatic rings. The van der Waals surface area contributed by atoms with Gasteiger partial charge in [-0.25, -0.2) is 0 Å². The number of aromatic hydroxyl groups is 2. The third-order valence-corrected chi connectivity index (χ3v) is 5.37. The minimum Gasteiger partial charge on any atom is -0.507 e. The smallest absolute Gasteiger partial charge is 0.185 e. The summed E-state index contributed by atoms with van der Waals surface area (Å²) in [6.07, 6.45) is 0. The molecule has 0 spiro atoms. The quantitative estimate of drug-likeness (QED) is 0.623. The van der Waals surface area contributed by atoms with Gasteiger partial charge in [0.05, 0.1) is 6.04 Å². The van der Waals surface area contributed by atoms with Crippen LogP contribution in [0.2, 0.25) is 0 Å². The van der Waals surface area contributed by atoms with Crippen LogP contribution >= 0.6 is 0 Å². The summed E-state index contributed by atoms with van der Waals surface area (Å²) in [4.78, 5) is 15.0. The number of nitrogens with zero attached hydrogens (tertiary/aromatic N) is 1. The number of Topliss-reactive ketones (excluding diaryl/α,β-unsaturated/α-hetero) is 1. The average molecular weight is 317 g/mol. The number of fused-ring (bicyclic) bond motifs is 8. The molecule has 2 heterocycles. The average Bonchev–Trinajstić information content (AvgIpc) is 2.85. The lowest BCUT2D eigenvalue weighted by Crippen LogP contribution is -2.34. The number of hydrogen-bond donors (Lipinski definition) is 2. The highest BCUT2D eigenvalue weighted by atomic mass is 16.3. The van der Waals surface area contributed by atoms with Crippen molar-refractivity contribution >= 4 is 16.6 Å². The SMILES string of the molecule is CN1[C@@H]2c3ccccc3C(=O)[C@H]1c1c2c(O)c2ccccc2c1O. The number of phenols is 2.